The Hall–Kier alpha value is -2.08. The van der Waals surface area contributed by atoms with Crippen molar-refractivity contribution in [1.29, 1.82) is 0 Å². The molecule has 6 nitrogen and oxygen atoms in total. The molecule has 1 aromatic rings. The van der Waals surface area contributed by atoms with E-state index in [1.807, 2.05) is 0 Å². The lowest BCUT2D eigenvalue weighted by molar-refractivity contribution is -0.159. The van der Waals surface area contributed by atoms with Crippen LogP contribution >= 0.6 is 0 Å². The summed E-state index contributed by atoms with van der Waals surface area (Å²) in [6.07, 6.45) is 3.74. The second-order valence-corrected chi connectivity index (χ2v) is 6.02. The third-order valence-electron chi connectivity index (χ3n) is 4.65. The monoisotopic (exact) mass is 305 g/mol. The maximum absolute atomic E-state index is 12.4. The minimum atomic E-state index is -0.958. The topological polar surface area (TPSA) is 80.0 Å². The predicted molar refractivity (Wildman–Crippen MR) is 77.9 cm³/mol. The Balaban J connectivity index is 1.78. The maximum atomic E-state index is 12.4. The fourth-order valence-electron chi connectivity index (χ4n) is 3.31. The molecule has 0 saturated carbocycles. The van der Waals surface area contributed by atoms with Crippen LogP contribution in [0.5, 0.6) is 0 Å². The summed E-state index contributed by atoms with van der Waals surface area (Å²) in [6.45, 7) is 3.21. The van der Waals surface area contributed by atoms with Crippen molar-refractivity contribution in [2.45, 2.75) is 13.3 Å². The molecule has 2 fully saturated rings. The zero-order valence-electron chi connectivity index (χ0n) is 12.4. The van der Waals surface area contributed by atoms with E-state index in [4.69, 9.17) is 9.15 Å². The van der Waals surface area contributed by atoms with E-state index in [1.54, 1.807) is 30.2 Å². The van der Waals surface area contributed by atoms with Crippen LogP contribution in [0.15, 0.2) is 28.9 Å². The number of carboxylic acid groups (broad SMARTS) is 1. The molecule has 0 radical (unpaired) electrons. The summed E-state index contributed by atoms with van der Waals surface area (Å²) in [5, 5.41) is 9.58. The van der Waals surface area contributed by atoms with E-state index in [0.29, 0.717) is 25.3 Å². The molecule has 2 aliphatic rings. The molecule has 0 aliphatic carbocycles. The van der Waals surface area contributed by atoms with Crippen LogP contribution in [0.25, 0.3) is 5.57 Å². The number of likely N-dealkylation sites (tertiary alicyclic amines) is 1. The fraction of sp³-hybridized carbons (Fsp3) is 0.500. The van der Waals surface area contributed by atoms with Gasteiger partial charge in [-0.05, 0) is 37.0 Å². The molecule has 2 atom stereocenters. The first-order valence-electron chi connectivity index (χ1n) is 7.35. The molecule has 2 saturated heterocycles. The van der Waals surface area contributed by atoms with E-state index < -0.39 is 11.4 Å². The van der Waals surface area contributed by atoms with Gasteiger partial charge in [-0.2, -0.15) is 0 Å². The molecule has 1 N–H and O–H groups in total. The fourth-order valence-corrected chi connectivity index (χ4v) is 3.31. The second-order valence-electron chi connectivity index (χ2n) is 6.02. The van der Waals surface area contributed by atoms with Crippen LogP contribution in [0.4, 0.5) is 0 Å². The molecule has 22 heavy (non-hydrogen) atoms. The average molecular weight is 305 g/mol. The van der Waals surface area contributed by atoms with Crippen LogP contribution < -0.4 is 0 Å². The Labute approximate surface area is 128 Å². The van der Waals surface area contributed by atoms with Gasteiger partial charge in [-0.25, -0.2) is 0 Å². The smallest absolute Gasteiger partial charge is 0.314 e. The first kappa shape index (κ1) is 14.8. The number of allylic oxidation sites excluding steroid dienone is 1. The Morgan fingerprint density at radius 2 is 2.32 bits per heavy atom. The summed E-state index contributed by atoms with van der Waals surface area (Å²) in [6, 6.07) is 3.55. The van der Waals surface area contributed by atoms with Crippen molar-refractivity contribution in [2.75, 3.05) is 26.3 Å². The van der Waals surface area contributed by atoms with Crippen molar-refractivity contribution in [3.63, 3.8) is 0 Å². The van der Waals surface area contributed by atoms with Crippen LogP contribution in [0, 0.1) is 11.3 Å². The van der Waals surface area contributed by atoms with Gasteiger partial charge in [0, 0.05) is 25.8 Å². The van der Waals surface area contributed by atoms with Crippen molar-refractivity contribution in [3.8, 4) is 0 Å². The molecule has 118 valence electrons. The minimum absolute atomic E-state index is 0.0416. The van der Waals surface area contributed by atoms with Crippen molar-refractivity contribution < 1.29 is 23.8 Å². The van der Waals surface area contributed by atoms with Gasteiger partial charge in [0.1, 0.15) is 11.2 Å². The summed E-state index contributed by atoms with van der Waals surface area (Å²) in [5.41, 5.74) is -0.231. The summed E-state index contributed by atoms with van der Waals surface area (Å²) in [7, 11) is 0. The molecule has 3 rings (SSSR count). The summed E-state index contributed by atoms with van der Waals surface area (Å²) < 4.78 is 10.6. The van der Waals surface area contributed by atoms with E-state index >= 15 is 0 Å². The number of rotatable bonds is 3. The number of carbonyl (C=O) groups excluding carboxylic acids is 1. The molecule has 1 aromatic heterocycles. The number of hydrogen-bond donors (Lipinski definition) is 1. The molecule has 2 aliphatic heterocycles. The highest BCUT2D eigenvalue weighted by Crippen LogP contribution is 2.41. The molecule has 0 bridgehead atoms. The second kappa shape index (κ2) is 5.61. The van der Waals surface area contributed by atoms with Crippen LogP contribution in [0.3, 0.4) is 0 Å². The van der Waals surface area contributed by atoms with Crippen molar-refractivity contribution in [2.24, 2.45) is 11.3 Å². The highest BCUT2D eigenvalue weighted by atomic mass is 16.5. The van der Waals surface area contributed by atoms with Gasteiger partial charge in [0.05, 0.1) is 12.9 Å². The third-order valence-corrected chi connectivity index (χ3v) is 4.65. The highest BCUT2D eigenvalue weighted by Gasteiger charge is 2.54. The largest absolute Gasteiger partial charge is 0.481 e. The molecular formula is C16H19NO5. The number of aliphatic carboxylic acids is 1. The average Bonchev–Trinajstić information content (AvgIpc) is 3.15. The van der Waals surface area contributed by atoms with Gasteiger partial charge in [-0.1, -0.05) is 0 Å². The van der Waals surface area contributed by atoms with E-state index in [-0.39, 0.29) is 25.0 Å². The van der Waals surface area contributed by atoms with E-state index in [0.717, 1.165) is 5.57 Å². The number of fused-ring (bicyclic) bond motifs is 1. The zero-order valence-corrected chi connectivity index (χ0v) is 12.4. The summed E-state index contributed by atoms with van der Waals surface area (Å²) in [4.78, 5) is 25.7. The van der Waals surface area contributed by atoms with Gasteiger partial charge in [-0.3, -0.25) is 9.59 Å². The van der Waals surface area contributed by atoms with Crippen LogP contribution in [0.2, 0.25) is 0 Å². The normalized spacial score (nSPS) is 28.5. The van der Waals surface area contributed by atoms with Gasteiger partial charge >= 0.3 is 5.97 Å². The van der Waals surface area contributed by atoms with E-state index in [1.165, 1.54) is 6.08 Å². The number of carbonyl (C=O) groups is 2. The predicted octanol–water partition coefficient (Wildman–Crippen LogP) is 1.63. The van der Waals surface area contributed by atoms with Crippen molar-refractivity contribution in [3.05, 3.63) is 30.2 Å². The Morgan fingerprint density at radius 3 is 2.95 bits per heavy atom. The molecule has 1 amide bonds. The van der Waals surface area contributed by atoms with Gasteiger partial charge in [0.2, 0.25) is 5.91 Å². The van der Waals surface area contributed by atoms with Crippen LogP contribution in [-0.4, -0.2) is 48.2 Å². The lowest BCUT2D eigenvalue weighted by atomic mass is 9.76. The van der Waals surface area contributed by atoms with Gasteiger partial charge in [-0.15, -0.1) is 0 Å². The lowest BCUT2D eigenvalue weighted by Gasteiger charge is -2.33. The number of amides is 1. The van der Waals surface area contributed by atoms with Gasteiger partial charge in [0.25, 0.3) is 0 Å². The summed E-state index contributed by atoms with van der Waals surface area (Å²) >= 11 is 0. The Morgan fingerprint density at radius 1 is 1.50 bits per heavy atom. The Bertz CT molecular complexity index is 606. The molecule has 0 unspecified atom stereocenters. The number of ether oxygens (including phenoxy) is 1. The van der Waals surface area contributed by atoms with Crippen molar-refractivity contribution >= 4 is 17.4 Å². The SMILES string of the molecule is C/C(=C\C(=O)N1C[C@@H]2CCOC[C@]2(C(=O)O)C1)c1ccco1. The first-order valence-corrected chi connectivity index (χ1v) is 7.35. The maximum Gasteiger partial charge on any atom is 0.314 e. The number of hydrogen-bond acceptors (Lipinski definition) is 4. The minimum Gasteiger partial charge on any atom is -0.481 e. The molecule has 3 heterocycles. The Kier molecular flexibility index (Phi) is 3.78. The lowest BCUT2D eigenvalue weighted by Crippen LogP contribution is -2.46. The van der Waals surface area contributed by atoms with Crippen LogP contribution in [-0.2, 0) is 14.3 Å². The molecule has 6 heteroatoms. The van der Waals surface area contributed by atoms with Gasteiger partial charge < -0.3 is 19.2 Å². The van der Waals surface area contributed by atoms with E-state index in [2.05, 4.69) is 0 Å². The van der Waals surface area contributed by atoms with E-state index in [9.17, 15) is 14.7 Å². The molecule has 0 spiro atoms. The van der Waals surface area contributed by atoms with Crippen LogP contribution in [0.1, 0.15) is 19.1 Å². The molecule has 0 aromatic carbocycles. The number of furan rings is 1. The highest BCUT2D eigenvalue weighted by molar-refractivity contribution is 5.95. The number of nitrogens with zero attached hydrogens (tertiary/aromatic N) is 1. The van der Waals surface area contributed by atoms with Gasteiger partial charge in [0.15, 0.2) is 0 Å². The molecular weight excluding hydrogens is 286 g/mol. The summed E-state index contributed by atoms with van der Waals surface area (Å²) in [5.74, 6) is -0.454. The quantitative estimate of drug-likeness (QED) is 0.859. The first-order chi connectivity index (χ1) is 10.5. The third kappa shape index (κ3) is 2.43. The number of carboxylic acids is 1. The van der Waals surface area contributed by atoms with Crippen molar-refractivity contribution in [1.82, 2.24) is 4.90 Å². The standard InChI is InChI=1S/C16H19NO5/c1-11(13-3-2-5-22-13)7-14(18)17-8-12-4-6-21-10-16(12,9-17)15(19)20/h2-3,5,7,12H,4,6,8-10H2,1H3,(H,19,20)/b11-7+/t12-,16+/m0/s1. The zero-order chi connectivity index (χ0) is 15.7.